The molecule has 0 aliphatic carbocycles. The van der Waals surface area contributed by atoms with Crippen molar-refractivity contribution >= 4 is 34.8 Å². The predicted molar refractivity (Wildman–Crippen MR) is 57.5 cm³/mol. The largest absolute Gasteiger partial charge is 0.465 e. The van der Waals surface area contributed by atoms with Crippen LogP contribution in [0.3, 0.4) is 0 Å². The van der Waals surface area contributed by atoms with E-state index in [0.29, 0.717) is 13.0 Å². The lowest BCUT2D eigenvalue weighted by molar-refractivity contribution is -0.125. The van der Waals surface area contributed by atoms with E-state index in [1.807, 2.05) is 6.92 Å². The van der Waals surface area contributed by atoms with E-state index in [1.165, 1.54) is 0 Å². The van der Waals surface area contributed by atoms with Crippen molar-refractivity contribution in [2.75, 3.05) is 6.61 Å². The molecule has 0 bridgehead atoms. The first-order valence-corrected chi connectivity index (χ1v) is 5.39. The van der Waals surface area contributed by atoms with Crippen molar-refractivity contribution < 1.29 is 9.47 Å². The summed E-state index contributed by atoms with van der Waals surface area (Å²) in [6, 6.07) is -0.203. The molecule has 0 spiro atoms. The van der Waals surface area contributed by atoms with Gasteiger partial charge < -0.3 is 15.2 Å². The molecule has 1 aliphatic heterocycles. The summed E-state index contributed by atoms with van der Waals surface area (Å²) in [5, 5.41) is 0. The average Bonchev–Trinajstić information content (AvgIpc) is 2.02. The van der Waals surface area contributed by atoms with Crippen LogP contribution in [0.1, 0.15) is 13.3 Å². The van der Waals surface area contributed by atoms with E-state index in [1.54, 1.807) is 6.08 Å². The maximum atomic E-state index is 5.73. The van der Waals surface area contributed by atoms with E-state index in [9.17, 15) is 0 Å². The molecule has 0 amide bonds. The second-order valence-corrected chi connectivity index (χ2v) is 5.21. The summed E-state index contributed by atoms with van der Waals surface area (Å²) in [7, 11) is 0. The van der Waals surface area contributed by atoms with Gasteiger partial charge in [-0.15, -0.1) is 0 Å². The first-order valence-electron chi connectivity index (χ1n) is 4.26. The fourth-order valence-electron chi connectivity index (χ4n) is 1.16. The summed E-state index contributed by atoms with van der Waals surface area (Å²) < 4.78 is 9.01. The molecule has 2 unspecified atom stereocenters. The van der Waals surface area contributed by atoms with E-state index in [-0.39, 0.29) is 11.8 Å². The molecule has 0 aromatic rings. The van der Waals surface area contributed by atoms with Crippen LogP contribution in [0.15, 0.2) is 11.8 Å². The Morgan fingerprint density at radius 2 is 2.29 bits per heavy atom. The molecule has 0 saturated heterocycles. The number of hydrogen-bond donors (Lipinski definition) is 1. The molecule has 2 N–H and O–H groups in total. The minimum Gasteiger partial charge on any atom is -0.465 e. The number of halogens is 3. The monoisotopic (exact) mass is 259 g/mol. The van der Waals surface area contributed by atoms with Gasteiger partial charge in [0.25, 0.3) is 0 Å². The quantitative estimate of drug-likeness (QED) is 0.775. The smallest absolute Gasteiger partial charge is 0.247 e. The summed E-state index contributed by atoms with van der Waals surface area (Å²) >= 11 is 17.0. The Labute approximate surface area is 98.1 Å². The third kappa shape index (κ3) is 3.48. The highest BCUT2D eigenvalue weighted by Crippen LogP contribution is 2.38. The molecule has 1 heterocycles. The Kier molecular flexibility index (Phi) is 4.34. The van der Waals surface area contributed by atoms with E-state index >= 15 is 0 Å². The van der Waals surface area contributed by atoms with E-state index in [2.05, 4.69) is 0 Å². The van der Waals surface area contributed by atoms with Crippen LogP contribution in [-0.4, -0.2) is 22.7 Å². The molecule has 3 nitrogen and oxygen atoms in total. The summed E-state index contributed by atoms with van der Waals surface area (Å²) in [6.45, 7) is 2.40. The molecular formula is C8H12Cl3NO2. The van der Waals surface area contributed by atoms with Gasteiger partial charge in [0, 0.05) is 19.1 Å². The van der Waals surface area contributed by atoms with Gasteiger partial charge in [0.2, 0.25) is 10.1 Å². The zero-order valence-corrected chi connectivity index (χ0v) is 9.94. The Bertz CT molecular complexity index is 227. The van der Waals surface area contributed by atoms with Crippen molar-refractivity contribution in [2.45, 2.75) is 29.5 Å². The fraction of sp³-hybridized carbons (Fsp3) is 0.750. The lowest BCUT2D eigenvalue weighted by Gasteiger charge is -2.30. The number of nitrogens with two attached hydrogens (primary N) is 1. The standard InChI is InChI=1S/C8H12Cl3NO2/c1-2-13-7-4-5(12)3-6(14-7)8(9,10)11/h3,5,7H,2,4,12H2,1H3. The first-order chi connectivity index (χ1) is 6.43. The van der Waals surface area contributed by atoms with Gasteiger partial charge in [-0.3, -0.25) is 0 Å². The van der Waals surface area contributed by atoms with Crippen molar-refractivity contribution in [3.63, 3.8) is 0 Å². The van der Waals surface area contributed by atoms with Crippen LogP contribution >= 0.6 is 34.8 Å². The third-order valence-corrected chi connectivity index (χ3v) is 2.28. The molecule has 2 atom stereocenters. The Morgan fingerprint density at radius 1 is 1.64 bits per heavy atom. The summed E-state index contributed by atoms with van der Waals surface area (Å²) in [5.74, 6) is 0.236. The second kappa shape index (κ2) is 4.90. The van der Waals surface area contributed by atoms with Crippen LogP contribution in [0.2, 0.25) is 0 Å². The average molecular weight is 261 g/mol. The summed E-state index contributed by atoms with van der Waals surface area (Å²) in [6.07, 6.45) is 1.74. The molecule has 0 radical (unpaired) electrons. The van der Waals surface area contributed by atoms with Crippen molar-refractivity contribution in [1.29, 1.82) is 0 Å². The van der Waals surface area contributed by atoms with Crippen LogP contribution < -0.4 is 5.73 Å². The van der Waals surface area contributed by atoms with E-state index in [4.69, 9.17) is 50.0 Å². The molecule has 14 heavy (non-hydrogen) atoms. The SMILES string of the molecule is CCOC1CC(N)C=C(C(Cl)(Cl)Cl)O1. The molecule has 0 aromatic heterocycles. The summed E-state index contributed by atoms with van der Waals surface area (Å²) in [5.41, 5.74) is 5.73. The molecule has 0 saturated carbocycles. The van der Waals surface area contributed by atoms with Gasteiger partial charge in [0.05, 0.1) is 0 Å². The topological polar surface area (TPSA) is 44.5 Å². The molecular weight excluding hydrogens is 248 g/mol. The normalized spacial score (nSPS) is 28.2. The van der Waals surface area contributed by atoms with Gasteiger partial charge in [-0.05, 0) is 13.0 Å². The van der Waals surface area contributed by atoms with Gasteiger partial charge in [-0.25, -0.2) is 0 Å². The lowest BCUT2D eigenvalue weighted by Crippen LogP contribution is -2.35. The van der Waals surface area contributed by atoms with Crippen LogP contribution in [0, 0.1) is 0 Å². The molecule has 82 valence electrons. The Hall–Kier alpha value is 0.330. The number of rotatable bonds is 2. The maximum absolute atomic E-state index is 5.73. The highest BCUT2D eigenvalue weighted by atomic mass is 35.6. The van der Waals surface area contributed by atoms with Crippen LogP contribution in [0.25, 0.3) is 0 Å². The fourth-order valence-corrected chi connectivity index (χ4v) is 1.49. The number of alkyl halides is 3. The molecule has 0 aromatic carbocycles. The Balaban J connectivity index is 2.68. The maximum Gasteiger partial charge on any atom is 0.247 e. The molecule has 6 heteroatoms. The van der Waals surface area contributed by atoms with Crippen molar-refractivity contribution in [1.82, 2.24) is 0 Å². The van der Waals surface area contributed by atoms with Gasteiger partial charge in [-0.1, -0.05) is 34.8 Å². The third-order valence-electron chi connectivity index (χ3n) is 1.72. The number of ether oxygens (including phenoxy) is 2. The lowest BCUT2D eigenvalue weighted by atomic mass is 10.1. The van der Waals surface area contributed by atoms with Crippen molar-refractivity contribution in [3.05, 3.63) is 11.8 Å². The van der Waals surface area contributed by atoms with Crippen LogP contribution in [0.4, 0.5) is 0 Å². The van der Waals surface area contributed by atoms with Gasteiger partial charge in [0.15, 0.2) is 0 Å². The van der Waals surface area contributed by atoms with Crippen molar-refractivity contribution in [2.24, 2.45) is 5.73 Å². The number of allylic oxidation sites excluding steroid dienone is 1. The van der Waals surface area contributed by atoms with Crippen LogP contribution in [-0.2, 0) is 9.47 Å². The first kappa shape index (κ1) is 12.4. The Morgan fingerprint density at radius 3 is 2.79 bits per heavy atom. The van der Waals surface area contributed by atoms with Gasteiger partial charge in [0.1, 0.15) is 5.76 Å². The minimum absolute atomic E-state index is 0.203. The molecule has 0 fully saturated rings. The van der Waals surface area contributed by atoms with Gasteiger partial charge >= 0.3 is 0 Å². The van der Waals surface area contributed by atoms with Gasteiger partial charge in [-0.2, -0.15) is 0 Å². The minimum atomic E-state index is -1.58. The highest BCUT2D eigenvalue weighted by Gasteiger charge is 2.34. The van der Waals surface area contributed by atoms with E-state index < -0.39 is 10.1 Å². The van der Waals surface area contributed by atoms with Crippen LogP contribution in [0.5, 0.6) is 0 Å². The summed E-state index contributed by atoms with van der Waals surface area (Å²) in [4.78, 5) is 0. The van der Waals surface area contributed by atoms with E-state index in [0.717, 1.165) is 0 Å². The van der Waals surface area contributed by atoms with Crippen molar-refractivity contribution in [3.8, 4) is 0 Å². The molecule has 1 rings (SSSR count). The number of hydrogen-bond acceptors (Lipinski definition) is 3. The second-order valence-electron chi connectivity index (χ2n) is 2.93. The zero-order valence-electron chi connectivity index (χ0n) is 7.67. The molecule has 1 aliphatic rings. The zero-order chi connectivity index (χ0) is 10.8. The predicted octanol–water partition coefficient (Wildman–Crippen LogP) is 2.35. The highest BCUT2D eigenvalue weighted by molar-refractivity contribution is 6.69.